The van der Waals surface area contributed by atoms with Crippen LogP contribution in [-0.4, -0.2) is 4.98 Å². The van der Waals surface area contributed by atoms with Gasteiger partial charge in [0, 0.05) is 17.3 Å². The predicted octanol–water partition coefficient (Wildman–Crippen LogP) is 2.03. The Labute approximate surface area is 76.8 Å². The molecule has 0 spiro atoms. The van der Waals surface area contributed by atoms with Gasteiger partial charge in [0.1, 0.15) is 0 Å². The third-order valence-corrected chi connectivity index (χ3v) is 3.83. The van der Waals surface area contributed by atoms with Crippen LogP contribution in [0.1, 0.15) is 34.8 Å². The third-order valence-electron chi connectivity index (χ3n) is 2.52. The zero-order valence-electron chi connectivity index (χ0n) is 7.50. The number of hydrogen-bond acceptors (Lipinski definition) is 3. The zero-order chi connectivity index (χ0) is 8.72. The number of rotatable bonds is 2. The highest BCUT2D eigenvalue weighted by atomic mass is 32.1. The highest BCUT2D eigenvalue weighted by Gasteiger charge is 2.36. The van der Waals surface area contributed by atoms with E-state index >= 15 is 0 Å². The molecule has 1 aliphatic carbocycles. The summed E-state index contributed by atoms with van der Waals surface area (Å²) in [4.78, 5) is 5.79. The van der Waals surface area contributed by atoms with Crippen molar-refractivity contribution < 1.29 is 0 Å². The number of aryl methyl sites for hydroxylation is 1. The maximum atomic E-state index is 5.59. The molecule has 1 aromatic heterocycles. The quantitative estimate of drug-likeness (QED) is 0.760. The lowest BCUT2D eigenvalue weighted by atomic mass is 10.3. The molecule has 1 aliphatic rings. The summed E-state index contributed by atoms with van der Waals surface area (Å²) in [7, 11) is 0. The number of aromatic nitrogens is 1. The van der Waals surface area contributed by atoms with Crippen molar-refractivity contribution in [2.75, 3.05) is 0 Å². The largest absolute Gasteiger partial charge is 0.326 e. The van der Waals surface area contributed by atoms with E-state index in [2.05, 4.69) is 18.8 Å². The van der Waals surface area contributed by atoms with Gasteiger partial charge in [0.25, 0.3) is 0 Å². The molecule has 1 saturated carbocycles. The molecule has 2 N–H and O–H groups in total. The van der Waals surface area contributed by atoms with Crippen LogP contribution < -0.4 is 5.73 Å². The minimum Gasteiger partial charge on any atom is -0.326 e. The molecule has 0 aliphatic heterocycles. The second-order valence-electron chi connectivity index (χ2n) is 3.58. The summed E-state index contributed by atoms with van der Waals surface area (Å²) in [5.74, 6) is 1.59. The van der Waals surface area contributed by atoms with Gasteiger partial charge in [-0.1, -0.05) is 6.92 Å². The normalized spacial score (nSPS) is 27.6. The molecule has 0 bridgehead atoms. The Balaban J connectivity index is 2.23. The molecule has 0 amide bonds. The fourth-order valence-electron chi connectivity index (χ4n) is 1.46. The predicted molar refractivity (Wildman–Crippen MR) is 51.3 cm³/mol. The van der Waals surface area contributed by atoms with Gasteiger partial charge in [-0.15, -0.1) is 11.3 Å². The van der Waals surface area contributed by atoms with Crippen LogP contribution in [0, 0.1) is 12.8 Å². The first-order valence-electron chi connectivity index (χ1n) is 4.38. The zero-order valence-corrected chi connectivity index (χ0v) is 8.32. The van der Waals surface area contributed by atoms with Crippen molar-refractivity contribution in [3.8, 4) is 0 Å². The third kappa shape index (κ3) is 1.27. The Morgan fingerprint density at radius 3 is 2.75 bits per heavy atom. The molecule has 1 aromatic rings. The van der Waals surface area contributed by atoms with Gasteiger partial charge in [0.05, 0.1) is 10.7 Å². The SMILES string of the molecule is Cc1nc(C2CC2C)sc1CN. The molecule has 2 rings (SSSR count). The molecule has 0 aromatic carbocycles. The van der Waals surface area contributed by atoms with Gasteiger partial charge in [-0.05, 0) is 19.3 Å². The van der Waals surface area contributed by atoms with Crippen LogP contribution in [0.5, 0.6) is 0 Å². The van der Waals surface area contributed by atoms with Crippen LogP contribution in [0.15, 0.2) is 0 Å². The molecule has 12 heavy (non-hydrogen) atoms. The van der Waals surface area contributed by atoms with Crippen molar-refractivity contribution in [2.24, 2.45) is 11.7 Å². The average Bonchev–Trinajstić information content (AvgIpc) is 2.63. The minimum atomic E-state index is 0.643. The lowest BCUT2D eigenvalue weighted by Gasteiger charge is -1.86. The first-order valence-corrected chi connectivity index (χ1v) is 5.20. The van der Waals surface area contributed by atoms with E-state index in [1.165, 1.54) is 16.3 Å². The summed E-state index contributed by atoms with van der Waals surface area (Å²) in [6.45, 7) is 4.98. The Kier molecular flexibility index (Phi) is 1.93. The van der Waals surface area contributed by atoms with E-state index in [1.54, 1.807) is 11.3 Å². The maximum Gasteiger partial charge on any atom is 0.0965 e. The number of hydrogen-bond donors (Lipinski definition) is 1. The first-order chi connectivity index (χ1) is 5.72. The van der Waals surface area contributed by atoms with Crippen LogP contribution >= 0.6 is 11.3 Å². The second-order valence-corrected chi connectivity index (χ2v) is 4.70. The van der Waals surface area contributed by atoms with E-state index in [-0.39, 0.29) is 0 Å². The Bertz CT molecular complexity index is 293. The van der Waals surface area contributed by atoms with Crippen molar-refractivity contribution in [3.63, 3.8) is 0 Å². The van der Waals surface area contributed by atoms with E-state index in [0.29, 0.717) is 6.54 Å². The summed E-state index contributed by atoms with van der Waals surface area (Å²) in [5.41, 5.74) is 6.73. The van der Waals surface area contributed by atoms with Crippen molar-refractivity contribution in [2.45, 2.75) is 32.7 Å². The molecule has 1 heterocycles. The molecule has 2 atom stereocenters. The van der Waals surface area contributed by atoms with Gasteiger partial charge in [0.2, 0.25) is 0 Å². The van der Waals surface area contributed by atoms with Gasteiger partial charge in [0.15, 0.2) is 0 Å². The van der Waals surface area contributed by atoms with Gasteiger partial charge < -0.3 is 5.73 Å². The monoisotopic (exact) mass is 182 g/mol. The molecule has 3 heteroatoms. The lowest BCUT2D eigenvalue weighted by Crippen LogP contribution is -1.94. The van der Waals surface area contributed by atoms with Crippen LogP contribution in [-0.2, 0) is 6.54 Å². The Morgan fingerprint density at radius 2 is 2.33 bits per heavy atom. The fraction of sp³-hybridized carbons (Fsp3) is 0.667. The first kappa shape index (κ1) is 8.20. The van der Waals surface area contributed by atoms with Crippen molar-refractivity contribution in [3.05, 3.63) is 15.6 Å². The van der Waals surface area contributed by atoms with Crippen molar-refractivity contribution in [1.82, 2.24) is 4.98 Å². The van der Waals surface area contributed by atoms with E-state index in [1.807, 2.05) is 0 Å². The van der Waals surface area contributed by atoms with Gasteiger partial charge in [-0.25, -0.2) is 4.98 Å². The van der Waals surface area contributed by atoms with Gasteiger partial charge in [-0.3, -0.25) is 0 Å². The summed E-state index contributed by atoms with van der Waals surface area (Å²) in [6.07, 6.45) is 1.32. The summed E-state index contributed by atoms with van der Waals surface area (Å²) < 4.78 is 0. The average molecular weight is 182 g/mol. The number of nitrogens with two attached hydrogens (primary N) is 1. The highest BCUT2D eigenvalue weighted by molar-refractivity contribution is 7.11. The minimum absolute atomic E-state index is 0.643. The Hall–Kier alpha value is -0.410. The van der Waals surface area contributed by atoms with Crippen LogP contribution in [0.4, 0.5) is 0 Å². The standard InChI is InChI=1S/C9H14N2S/c1-5-3-7(5)9-11-6(2)8(4-10)12-9/h5,7H,3-4,10H2,1-2H3. The number of nitrogens with zero attached hydrogens (tertiary/aromatic N) is 1. The molecule has 2 nitrogen and oxygen atoms in total. The van der Waals surface area contributed by atoms with Crippen LogP contribution in [0.2, 0.25) is 0 Å². The van der Waals surface area contributed by atoms with E-state index < -0.39 is 0 Å². The highest BCUT2D eigenvalue weighted by Crippen LogP contribution is 2.48. The maximum absolute atomic E-state index is 5.59. The second kappa shape index (κ2) is 2.82. The Morgan fingerprint density at radius 1 is 1.67 bits per heavy atom. The molecule has 1 fully saturated rings. The van der Waals surface area contributed by atoms with E-state index in [0.717, 1.165) is 17.5 Å². The molecule has 0 saturated heterocycles. The van der Waals surface area contributed by atoms with Crippen molar-refractivity contribution in [1.29, 1.82) is 0 Å². The van der Waals surface area contributed by atoms with E-state index in [4.69, 9.17) is 5.73 Å². The lowest BCUT2D eigenvalue weighted by molar-refractivity contribution is 0.900. The molecular weight excluding hydrogens is 168 g/mol. The fourth-order valence-corrected chi connectivity index (χ4v) is 2.66. The van der Waals surface area contributed by atoms with Gasteiger partial charge in [-0.2, -0.15) is 0 Å². The number of thiazole rings is 1. The molecule has 2 unspecified atom stereocenters. The smallest absolute Gasteiger partial charge is 0.0965 e. The van der Waals surface area contributed by atoms with Crippen LogP contribution in [0.3, 0.4) is 0 Å². The summed E-state index contributed by atoms with van der Waals surface area (Å²) in [6, 6.07) is 0. The van der Waals surface area contributed by atoms with Gasteiger partial charge >= 0.3 is 0 Å². The molecule has 0 radical (unpaired) electrons. The van der Waals surface area contributed by atoms with Crippen LogP contribution in [0.25, 0.3) is 0 Å². The molecule has 66 valence electrons. The van der Waals surface area contributed by atoms with E-state index in [9.17, 15) is 0 Å². The summed E-state index contributed by atoms with van der Waals surface area (Å²) in [5, 5.41) is 1.31. The summed E-state index contributed by atoms with van der Waals surface area (Å²) >= 11 is 1.80. The molecular formula is C9H14N2S. The topological polar surface area (TPSA) is 38.9 Å². The van der Waals surface area contributed by atoms with Crippen molar-refractivity contribution >= 4 is 11.3 Å².